The monoisotopic (exact) mass is 460 g/mol. The highest BCUT2D eigenvalue weighted by Gasteiger charge is 2.39. The van der Waals surface area contributed by atoms with Crippen molar-refractivity contribution in [1.29, 1.82) is 0 Å². The van der Waals surface area contributed by atoms with Crippen LogP contribution in [0.3, 0.4) is 0 Å². The summed E-state index contributed by atoms with van der Waals surface area (Å²) in [7, 11) is 0. The van der Waals surface area contributed by atoms with E-state index in [1.807, 2.05) is 53.8 Å². The number of carboxylic acids is 1. The molecule has 3 rings (SSSR count). The molecule has 33 heavy (non-hydrogen) atoms. The summed E-state index contributed by atoms with van der Waals surface area (Å²) < 4.78 is 33.3. The van der Waals surface area contributed by atoms with Crippen molar-refractivity contribution in [2.45, 2.75) is 37.5 Å². The Bertz CT molecular complexity index is 966. The van der Waals surface area contributed by atoms with Crippen molar-refractivity contribution in [3.63, 3.8) is 0 Å². The lowest BCUT2D eigenvalue weighted by molar-refractivity contribution is -0.144. The molecule has 0 bridgehead atoms. The van der Waals surface area contributed by atoms with Gasteiger partial charge in [-0.2, -0.15) is 8.78 Å². The SMILES string of the molecule is O=C(O)CCCCCNC(=O)C(F)(F)CNC(=O)OCC1c2ccccc2-c2ccccc21. The van der Waals surface area contributed by atoms with E-state index in [0.717, 1.165) is 22.3 Å². The second kappa shape index (κ2) is 10.9. The molecule has 0 spiro atoms. The van der Waals surface area contributed by atoms with Gasteiger partial charge < -0.3 is 20.5 Å². The number of hydrogen-bond acceptors (Lipinski definition) is 4. The summed E-state index contributed by atoms with van der Waals surface area (Å²) in [5.74, 6) is -6.43. The topological polar surface area (TPSA) is 105 Å². The molecule has 2 amide bonds. The van der Waals surface area contributed by atoms with Crippen molar-refractivity contribution in [2.24, 2.45) is 0 Å². The van der Waals surface area contributed by atoms with Gasteiger partial charge >= 0.3 is 18.0 Å². The maximum atomic E-state index is 14.0. The first kappa shape index (κ1) is 24.2. The Balaban J connectivity index is 1.44. The number of alkyl halides is 2. The Kier molecular flexibility index (Phi) is 7.97. The molecule has 2 aromatic carbocycles. The normalized spacial score (nSPS) is 12.5. The van der Waals surface area contributed by atoms with E-state index in [1.165, 1.54) is 0 Å². The summed E-state index contributed by atoms with van der Waals surface area (Å²) in [6.07, 6.45) is 0.252. The molecule has 0 radical (unpaired) electrons. The van der Waals surface area contributed by atoms with Crippen LogP contribution in [-0.2, 0) is 14.3 Å². The molecule has 2 aromatic rings. The molecular formula is C24H26F2N2O5. The zero-order valence-corrected chi connectivity index (χ0v) is 18.0. The lowest BCUT2D eigenvalue weighted by atomic mass is 9.98. The van der Waals surface area contributed by atoms with Crippen molar-refractivity contribution in [2.75, 3.05) is 19.7 Å². The van der Waals surface area contributed by atoms with Crippen LogP contribution in [0.4, 0.5) is 13.6 Å². The number of rotatable bonds is 11. The molecule has 7 nitrogen and oxygen atoms in total. The quantitative estimate of drug-likeness (QED) is 0.441. The van der Waals surface area contributed by atoms with Gasteiger partial charge in [-0.05, 0) is 35.1 Å². The molecule has 3 N–H and O–H groups in total. The molecule has 0 aliphatic heterocycles. The van der Waals surface area contributed by atoms with Gasteiger partial charge in [0, 0.05) is 18.9 Å². The number of nitrogens with one attached hydrogen (secondary N) is 2. The lowest BCUT2D eigenvalue weighted by Gasteiger charge is -2.18. The van der Waals surface area contributed by atoms with Gasteiger partial charge in [-0.15, -0.1) is 0 Å². The second-order valence-electron chi connectivity index (χ2n) is 7.84. The van der Waals surface area contributed by atoms with Crippen LogP contribution in [0.25, 0.3) is 11.1 Å². The molecule has 1 aliphatic carbocycles. The van der Waals surface area contributed by atoms with Crippen LogP contribution in [0.5, 0.6) is 0 Å². The van der Waals surface area contributed by atoms with Gasteiger partial charge in [-0.3, -0.25) is 9.59 Å². The summed E-state index contributed by atoms with van der Waals surface area (Å²) in [6.45, 7) is -1.21. The summed E-state index contributed by atoms with van der Waals surface area (Å²) in [6, 6.07) is 15.5. The standard InChI is InChI=1S/C24H26F2N2O5/c25-24(26,22(31)27-13-7-1-2-12-21(29)30)15-28-23(32)33-14-20-18-10-5-3-8-16(18)17-9-4-6-11-19(17)20/h3-6,8-11,20H,1-2,7,12-15H2,(H,27,31)(H,28,32)(H,29,30). The summed E-state index contributed by atoms with van der Waals surface area (Å²) in [4.78, 5) is 34.2. The zero-order chi connectivity index (χ0) is 23.8. The van der Waals surface area contributed by atoms with Crippen molar-refractivity contribution in [3.05, 3.63) is 59.7 Å². The number of unbranched alkanes of at least 4 members (excludes halogenated alkanes) is 2. The van der Waals surface area contributed by atoms with E-state index in [0.29, 0.717) is 19.3 Å². The number of fused-ring (bicyclic) bond motifs is 3. The van der Waals surface area contributed by atoms with Crippen LogP contribution in [0.2, 0.25) is 0 Å². The third-order valence-corrected chi connectivity index (χ3v) is 5.48. The fraction of sp³-hybridized carbons (Fsp3) is 0.375. The number of carbonyl (C=O) groups is 3. The molecule has 0 unspecified atom stereocenters. The van der Waals surface area contributed by atoms with Crippen LogP contribution >= 0.6 is 0 Å². The van der Waals surface area contributed by atoms with Crippen LogP contribution in [0.1, 0.15) is 42.7 Å². The van der Waals surface area contributed by atoms with Gasteiger partial charge in [-0.25, -0.2) is 4.79 Å². The van der Waals surface area contributed by atoms with Gasteiger partial charge in [0.1, 0.15) is 6.61 Å². The predicted octanol–water partition coefficient (Wildman–Crippen LogP) is 3.92. The van der Waals surface area contributed by atoms with Crippen molar-refractivity contribution < 1.29 is 33.0 Å². The average Bonchev–Trinajstić information content (AvgIpc) is 3.12. The molecule has 176 valence electrons. The Morgan fingerprint density at radius 3 is 2.12 bits per heavy atom. The van der Waals surface area contributed by atoms with Gasteiger partial charge in [0.15, 0.2) is 0 Å². The van der Waals surface area contributed by atoms with E-state index in [-0.39, 0.29) is 25.5 Å². The highest BCUT2D eigenvalue weighted by atomic mass is 19.3. The maximum Gasteiger partial charge on any atom is 0.407 e. The van der Waals surface area contributed by atoms with Gasteiger partial charge in [0.2, 0.25) is 0 Å². The molecule has 0 fully saturated rings. The lowest BCUT2D eigenvalue weighted by Crippen LogP contribution is -2.48. The molecule has 0 aromatic heterocycles. The fourth-order valence-corrected chi connectivity index (χ4v) is 3.82. The number of alkyl carbamates (subject to hydrolysis) is 1. The number of ether oxygens (including phenoxy) is 1. The van der Waals surface area contributed by atoms with Crippen LogP contribution in [0, 0.1) is 0 Å². The maximum absolute atomic E-state index is 14.0. The van der Waals surface area contributed by atoms with Crippen LogP contribution in [-0.4, -0.2) is 48.7 Å². The molecule has 9 heteroatoms. The minimum Gasteiger partial charge on any atom is -0.481 e. The third-order valence-electron chi connectivity index (χ3n) is 5.48. The number of aliphatic carboxylic acids is 1. The Labute approximate surface area is 190 Å². The molecule has 0 saturated carbocycles. The first-order valence-corrected chi connectivity index (χ1v) is 10.8. The number of carbonyl (C=O) groups excluding carboxylic acids is 2. The van der Waals surface area contributed by atoms with Crippen LogP contribution < -0.4 is 10.6 Å². The van der Waals surface area contributed by atoms with Crippen LogP contribution in [0.15, 0.2) is 48.5 Å². The van der Waals surface area contributed by atoms with Gasteiger partial charge in [-0.1, -0.05) is 55.0 Å². The van der Waals surface area contributed by atoms with Crippen molar-refractivity contribution in [3.8, 4) is 11.1 Å². The van der Waals surface area contributed by atoms with E-state index in [4.69, 9.17) is 9.84 Å². The summed E-state index contributed by atoms with van der Waals surface area (Å²) >= 11 is 0. The number of benzene rings is 2. The smallest absolute Gasteiger partial charge is 0.407 e. The van der Waals surface area contributed by atoms with Crippen molar-refractivity contribution in [1.82, 2.24) is 10.6 Å². The molecular weight excluding hydrogens is 434 g/mol. The predicted molar refractivity (Wildman–Crippen MR) is 117 cm³/mol. The molecule has 0 heterocycles. The van der Waals surface area contributed by atoms with E-state index in [9.17, 15) is 23.2 Å². The Morgan fingerprint density at radius 2 is 1.52 bits per heavy atom. The van der Waals surface area contributed by atoms with Gasteiger partial charge in [0.05, 0.1) is 6.54 Å². The first-order chi connectivity index (χ1) is 15.8. The zero-order valence-electron chi connectivity index (χ0n) is 18.0. The fourth-order valence-electron chi connectivity index (χ4n) is 3.82. The number of amides is 2. The largest absolute Gasteiger partial charge is 0.481 e. The van der Waals surface area contributed by atoms with E-state index in [1.54, 1.807) is 0 Å². The Hall–Kier alpha value is -3.49. The second-order valence-corrected chi connectivity index (χ2v) is 7.84. The average molecular weight is 460 g/mol. The highest BCUT2D eigenvalue weighted by molar-refractivity contribution is 5.84. The third kappa shape index (κ3) is 6.27. The van der Waals surface area contributed by atoms with Gasteiger partial charge in [0.25, 0.3) is 5.91 Å². The Morgan fingerprint density at radius 1 is 0.909 bits per heavy atom. The summed E-state index contributed by atoms with van der Waals surface area (Å²) in [5, 5.41) is 12.6. The number of halogens is 2. The van der Waals surface area contributed by atoms with Crippen molar-refractivity contribution >= 4 is 18.0 Å². The van der Waals surface area contributed by atoms with E-state index >= 15 is 0 Å². The van der Waals surface area contributed by atoms with E-state index in [2.05, 4.69) is 5.32 Å². The van der Waals surface area contributed by atoms with E-state index < -0.39 is 30.4 Å². The molecule has 0 saturated heterocycles. The molecule has 0 atom stereocenters. The minimum atomic E-state index is -3.80. The first-order valence-electron chi connectivity index (χ1n) is 10.8. The number of hydrogen-bond donors (Lipinski definition) is 3. The summed E-state index contributed by atoms with van der Waals surface area (Å²) in [5.41, 5.74) is 4.10. The highest BCUT2D eigenvalue weighted by Crippen LogP contribution is 2.44. The number of carboxylic acid groups (broad SMARTS) is 1. The minimum absolute atomic E-state index is 0.00101. The molecule has 1 aliphatic rings.